The third kappa shape index (κ3) is 4.85. The number of carbonyl (C=O) groups is 2. The summed E-state index contributed by atoms with van der Waals surface area (Å²) in [6.07, 6.45) is 4.66. The second-order valence-electron chi connectivity index (χ2n) is 7.98. The highest BCUT2D eigenvalue weighted by molar-refractivity contribution is 5.95. The van der Waals surface area contributed by atoms with Crippen molar-refractivity contribution in [3.8, 4) is 0 Å². The molecule has 1 aromatic heterocycles. The van der Waals surface area contributed by atoms with Crippen LogP contribution in [0.3, 0.4) is 0 Å². The Morgan fingerprint density at radius 2 is 1.81 bits per heavy atom. The van der Waals surface area contributed by atoms with Crippen molar-refractivity contribution in [2.75, 3.05) is 18.4 Å². The maximum atomic E-state index is 13.9. The van der Waals surface area contributed by atoms with Crippen LogP contribution in [0.4, 0.5) is 14.5 Å². The van der Waals surface area contributed by atoms with Crippen molar-refractivity contribution >= 4 is 17.5 Å². The third-order valence-corrected chi connectivity index (χ3v) is 5.81. The van der Waals surface area contributed by atoms with Crippen LogP contribution in [0.15, 0.2) is 54.9 Å². The Bertz CT molecular complexity index is 1120. The first-order valence-corrected chi connectivity index (χ1v) is 10.5. The molecule has 2 amide bonds. The van der Waals surface area contributed by atoms with E-state index in [1.165, 1.54) is 4.90 Å². The number of benzene rings is 2. The number of hydrogen-bond donors (Lipinski definition) is 1. The summed E-state index contributed by atoms with van der Waals surface area (Å²) in [5, 5.41) is 2.94. The predicted molar refractivity (Wildman–Crippen MR) is 116 cm³/mol. The van der Waals surface area contributed by atoms with Crippen LogP contribution < -0.4 is 5.32 Å². The number of aromatic nitrogens is 2. The zero-order valence-corrected chi connectivity index (χ0v) is 17.7. The number of rotatable bonds is 5. The molecule has 1 N–H and O–H groups in total. The molecular formula is C24H24F2N4O2. The van der Waals surface area contributed by atoms with Crippen LogP contribution in [0.1, 0.15) is 34.6 Å². The molecule has 3 aromatic rings. The number of carbonyl (C=O) groups excluding carboxylic acids is 2. The number of likely N-dealkylation sites (tertiary alicyclic amines) is 1. The van der Waals surface area contributed by atoms with E-state index in [1.807, 2.05) is 42.0 Å². The van der Waals surface area contributed by atoms with E-state index in [-0.39, 0.29) is 17.4 Å². The Labute approximate surface area is 184 Å². The molecule has 1 saturated heterocycles. The molecule has 1 aliphatic heterocycles. The van der Waals surface area contributed by atoms with Crippen molar-refractivity contribution in [2.45, 2.75) is 26.3 Å². The van der Waals surface area contributed by atoms with Gasteiger partial charge in [0, 0.05) is 49.7 Å². The van der Waals surface area contributed by atoms with E-state index in [0.29, 0.717) is 44.2 Å². The summed E-state index contributed by atoms with van der Waals surface area (Å²) in [5.41, 5.74) is 1.66. The van der Waals surface area contributed by atoms with Crippen molar-refractivity contribution < 1.29 is 18.4 Å². The smallest absolute Gasteiger partial charge is 0.256 e. The lowest BCUT2D eigenvalue weighted by atomic mass is 9.95. The van der Waals surface area contributed by atoms with Crippen molar-refractivity contribution in [3.63, 3.8) is 0 Å². The standard InChI is InChI=1S/C24H24F2N4O2/c1-16-27-10-13-30(16)15-17-2-5-20(6-3-17)28-23(31)18-8-11-29(12-9-18)24(32)21-7-4-19(25)14-22(21)26/h2-7,10,13-14,18H,8-9,11-12,15H2,1H3,(H,28,31). The normalized spacial score (nSPS) is 14.4. The fourth-order valence-electron chi connectivity index (χ4n) is 3.88. The summed E-state index contributed by atoms with van der Waals surface area (Å²) in [7, 11) is 0. The Kier molecular flexibility index (Phi) is 6.30. The zero-order chi connectivity index (χ0) is 22.7. The fourth-order valence-corrected chi connectivity index (χ4v) is 3.88. The van der Waals surface area contributed by atoms with Gasteiger partial charge < -0.3 is 14.8 Å². The quantitative estimate of drug-likeness (QED) is 0.655. The van der Waals surface area contributed by atoms with E-state index in [9.17, 15) is 18.4 Å². The van der Waals surface area contributed by atoms with E-state index in [1.54, 1.807) is 6.20 Å². The van der Waals surface area contributed by atoms with Crippen molar-refractivity contribution in [3.05, 3.63) is 83.4 Å². The van der Waals surface area contributed by atoms with Crippen LogP contribution in [-0.4, -0.2) is 39.4 Å². The Balaban J connectivity index is 1.30. The van der Waals surface area contributed by atoms with Gasteiger partial charge >= 0.3 is 0 Å². The summed E-state index contributed by atoms with van der Waals surface area (Å²) >= 11 is 0. The summed E-state index contributed by atoms with van der Waals surface area (Å²) in [6, 6.07) is 10.6. The number of aryl methyl sites for hydroxylation is 1. The van der Waals surface area contributed by atoms with Gasteiger partial charge in [0.05, 0.1) is 5.56 Å². The molecule has 2 aromatic carbocycles. The average molecular weight is 438 g/mol. The lowest BCUT2D eigenvalue weighted by Crippen LogP contribution is -2.41. The fraction of sp³-hybridized carbons (Fsp3) is 0.292. The number of imidazole rings is 1. The Hall–Kier alpha value is -3.55. The van der Waals surface area contributed by atoms with Crippen molar-refractivity contribution in [1.82, 2.24) is 14.5 Å². The summed E-state index contributed by atoms with van der Waals surface area (Å²) in [4.78, 5) is 30.9. The highest BCUT2D eigenvalue weighted by Crippen LogP contribution is 2.22. The lowest BCUT2D eigenvalue weighted by molar-refractivity contribution is -0.121. The van der Waals surface area contributed by atoms with E-state index in [4.69, 9.17) is 0 Å². The zero-order valence-electron chi connectivity index (χ0n) is 17.7. The first-order valence-electron chi connectivity index (χ1n) is 10.5. The molecule has 0 unspecified atom stereocenters. The minimum absolute atomic E-state index is 0.0942. The molecule has 1 aliphatic rings. The first kappa shape index (κ1) is 21.7. The highest BCUT2D eigenvalue weighted by Gasteiger charge is 2.29. The Morgan fingerprint density at radius 1 is 1.09 bits per heavy atom. The highest BCUT2D eigenvalue weighted by atomic mass is 19.1. The predicted octanol–water partition coefficient (Wildman–Crippen LogP) is 4.01. The summed E-state index contributed by atoms with van der Waals surface area (Å²) in [5.74, 6) is -1.46. The molecule has 32 heavy (non-hydrogen) atoms. The largest absolute Gasteiger partial charge is 0.339 e. The summed E-state index contributed by atoms with van der Waals surface area (Å²) in [6.45, 7) is 3.35. The molecule has 166 valence electrons. The Morgan fingerprint density at radius 3 is 2.44 bits per heavy atom. The number of hydrogen-bond acceptors (Lipinski definition) is 3. The molecular weight excluding hydrogens is 414 g/mol. The molecule has 0 atom stereocenters. The maximum absolute atomic E-state index is 13.9. The lowest BCUT2D eigenvalue weighted by Gasteiger charge is -2.31. The third-order valence-electron chi connectivity index (χ3n) is 5.81. The molecule has 0 aliphatic carbocycles. The number of amides is 2. The average Bonchev–Trinajstić information content (AvgIpc) is 3.19. The number of halogens is 2. The van der Waals surface area contributed by atoms with Crippen LogP contribution in [0.2, 0.25) is 0 Å². The van der Waals surface area contributed by atoms with Crippen LogP contribution in [0, 0.1) is 24.5 Å². The number of nitrogens with one attached hydrogen (secondary N) is 1. The van der Waals surface area contributed by atoms with E-state index < -0.39 is 17.5 Å². The van der Waals surface area contributed by atoms with Gasteiger partial charge in [0.25, 0.3) is 5.91 Å². The van der Waals surface area contributed by atoms with Gasteiger partial charge in [0.2, 0.25) is 5.91 Å². The van der Waals surface area contributed by atoms with Gasteiger partial charge in [-0.05, 0) is 49.6 Å². The number of nitrogens with zero attached hydrogens (tertiary/aromatic N) is 3. The first-order chi connectivity index (χ1) is 15.4. The van der Waals surface area contributed by atoms with Crippen LogP contribution in [0.25, 0.3) is 0 Å². The van der Waals surface area contributed by atoms with Gasteiger partial charge in [-0.25, -0.2) is 13.8 Å². The van der Waals surface area contributed by atoms with Crippen LogP contribution >= 0.6 is 0 Å². The van der Waals surface area contributed by atoms with Crippen LogP contribution in [-0.2, 0) is 11.3 Å². The molecule has 0 saturated carbocycles. The molecule has 0 bridgehead atoms. The molecule has 4 rings (SSSR count). The number of piperidine rings is 1. The number of anilines is 1. The summed E-state index contributed by atoms with van der Waals surface area (Å²) < 4.78 is 29.0. The molecule has 0 radical (unpaired) electrons. The molecule has 6 nitrogen and oxygen atoms in total. The second kappa shape index (κ2) is 9.30. The van der Waals surface area contributed by atoms with Gasteiger partial charge in [0.15, 0.2) is 0 Å². The van der Waals surface area contributed by atoms with Crippen LogP contribution in [0.5, 0.6) is 0 Å². The van der Waals surface area contributed by atoms with E-state index >= 15 is 0 Å². The second-order valence-corrected chi connectivity index (χ2v) is 7.98. The van der Waals surface area contributed by atoms with Crippen molar-refractivity contribution in [1.29, 1.82) is 0 Å². The molecule has 0 spiro atoms. The van der Waals surface area contributed by atoms with Gasteiger partial charge in [0.1, 0.15) is 17.5 Å². The minimum atomic E-state index is -0.874. The minimum Gasteiger partial charge on any atom is -0.339 e. The topological polar surface area (TPSA) is 67.2 Å². The van der Waals surface area contributed by atoms with E-state index in [2.05, 4.69) is 10.3 Å². The molecule has 1 fully saturated rings. The van der Waals surface area contributed by atoms with Gasteiger partial charge in [-0.3, -0.25) is 9.59 Å². The van der Waals surface area contributed by atoms with Gasteiger partial charge in [-0.1, -0.05) is 12.1 Å². The molecule has 2 heterocycles. The molecule has 8 heteroatoms. The monoisotopic (exact) mass is 438 g/mol. The SMILES string of the molecule is Cc1nccn1Cc1ccc(NC(=O)C2CCN(C(=O)c3ccc(F)cc3F)CC2)cc1. The van der Waals surface area contributed by atoms with Gasteiger partial charge in [-0.15, -0.1) is 0 Å². The van der Waals surface area contributed by atoms with Gasteiger partial charge in [-0.2, -0.15) is 0 Å². The van der Waals surface area contributed by atoms with Crippen molar-refractivity contribution in [2.24, 2.45) is 5.92 Å². The maximum Gasteiger partial charge on any atom is 0.256 e. The van der Waals surface area contributed by atoms with E-state index in [0.717, 1.165) is 23.5 Å².